The molecule has 6 nitrogen and oxygen atoms in total. The average molecular weight is 287 g/mol. The fourth-order valence-corrected chi connectivity index (χ4v) is 1.97. The first-order valence-electron chi connectivity index (χ1n) is 6.54. The molecule has 21 heavy (non-hydrogen) atoms. The predicted octanol–water partition coefficient (Wildman–Crippen LogP) is 1.72. The molecule has 7 heteroatoms. The molecular formula is C14H14FN5O. The molecule has 0 aliphatic rings. The fourth-order valence-electron chi connectivity index (χ4n) is 1.97. The summed E-state index contributed by atoms with van der Waals surface area (Å²) in [6.45, 7) is 1.82. The molecule has 0 unspecified atom stereocenters. The number of aliphatic hydroxyl groups is 1. The normalized spacial score (nSPS) is 12.5. The van der Waals surface area contributed by atoms with E-state index in [1.165, 1.54) is 10.6 Å². The van der Waals surface area contributed by atoms with Crippen LogP contribution < -0.4 is 5.32 Å². The van der Waals surface area contributed by atoms with Crippen molar-refractivity contribution in [2.45, 2.75) is 13.0 Å². The second-order valence-corrected chi connectivity index (χ2v) is 4.72. The molecule has 0 radical (unpaired) electrons. The summed E-state index contributed by atoms with van der Waals surface area (Å²) in [7, 11) is 0. The summed E-state index contributed by atoms with van der Waals surface area (Å²) in [4.78, 5) is 0. The number of nitrogens with zero attached hydrogens (tertiary/aromatic N) is 4. The van der Waals surface area contributed by atoms with E-state index in [9.17, 15) is 4.39 Å². The maximum atomic E-state index is 13.9. The predicted molar refractivity (Wildman–Crippen MR) is 76.3 cm³/mol. The van der Waals surface area contributed by atoms with Gasteiger partial charge < -0.3 is 10.4 Å². The lowest BCUT2D eigenvalue weighted by atomic mass is 10.2. The standard InChI is InChI=1S/C14H14FN5O/c1-9(8-21)16-12-6-7-13-17-18-14(20(13)19-12)10-4-2-3-5-11(10)15/h2-7,9,21H,8H2,1H3,(H,16,19)/t9-/m0/s1. The van der Waals surface area contributed by atoms with Gasteiger partial charge in [-0.25, -0.2) is 4.39 Å². The highest BCUT2D eigenvalue weighted by molar-refractivity contribution is 5.60. The van der Waals surface area contributed by atoms with Gasteiger partial charge in [-0.2, -0.15) is 4.52 Å². The van der Waals surface area contributed by atoms with E-state index >= 15 is 0 Å². The first-order chi connectivity index (χ1) is 10.2. The van der Waals surface area contributed by atoms with Gasteiger partial charge in [-0.15, -0.1) is 15.3 Å². The van der Waals surface area contributed by atoms with Crippen molar-refractivity contribution in [1.29, 1.82) is 0 Å². The summed E-state index contributed by atoms with van der Waals surface area (Å²) in [6.07, 6.45) is 0. The first-order valence-corrected chi connectivity index (χ1v) is 6.54. The molecule has 1 aromatic carbocycles. The Bertz CT molecular complexity index is 773. The Hall–Kier alpha value is -2.54. The van der Waals surface area contributed by atoms with Crippen LogP contribution in [0, 0.1) is 5.82 Å². The summed E-state index contributed by atoms with van der Waals surface area (Å²) >= 11 is 0. The van der Waals surface area contributed by atoms with Crippen LogP contribution in [0.4, 0.5) is 10.2 Å². The smallest absolute Gasteiger partial charge is 0.188 e. The SMILES string of the molecule is C[C@@H](CO)Nc1ccc2nnc(-c3ccccc3F)n2n1. The van der Waals surface area contributed by atoms with E-state index in [1.807, 2.05) is 6.92 Å². The van der Waals surface area contributed by atoms with Crippen LogP contribution in [0.3, 0.4) is 0 Å². The third kappa shape index (κ3) is 2.55. The van der Waals surface area contributed by atoms with Crippen molar-refractivity contribution in [3.05, 3.63) is 42.2 Å². The highest BCUT2D eigenvalue weighted by Crippen LogP contribution is 2.21. The zero-order valence-electron chi connectivity index (χ0n) is 11.4. The van der Waals surface area contributed by atoms with E-state index in [0.29, 0.717) is 22.9 Å². The maximum Gasteiger partial charge on any atom is 0.188 e. The minimum atomic E-state index is -0.379. The number of hydrogen-bond acceptors (Lipinski definition) is 5. The van der Waals surface area contributed by atoms with Crippen LogP contribution in [-0.4, -0.2) is 37.6 Å². The summed E-state index contributed by atoms with van der Waals surface area (Å²) < 4.78 is 15.4. The van der Waals surface area contributed by atoms with Gasteiger partial charge in [0.2, 0.25) is 0 Å². The minimum absolute atomic E-state index is 0.0118. The van der Waals surface area contributed by atoms with Gasteiger partial charge in [-0.05, 0) is 31.2 Å². The van der Waals surface area contributed by atoms with Crippen LogP contribution in [0.2, 0.25) is 0 Å². The molecule has 2 heterocycles. The molecule has 2 aromatic heterocycles. The van der Waals surface area contributed by atoms with Gasteiger partial charge in [-0.3, -0.25) is 0 Å². The van der Waals surface area contributed by atoms with Crippen molar-refractivity contribution in [3.8, 4) is 11.4 Å². The Morgan fingerprint density at radius 3 is 2.81 bits per heavy atom. The van der Waals surface area contributed by atoms with E-state index < -0.39 is 0 Å². The van der Waals surface area contributed by atoms with Crippen molar-refractivity contribution >= 4 is 11.5 Å². The maximum absolute atomic E-state index is 13.9. The molecule has 0 fully saturated rings. The number of aromatic nitrogens is 4. The third-order valence-electron chi connectivity index (χ3n) is 3.05. The van der Waals surface area contributed by atoms with E-state index in [2.05, 4.69) is 20.6 Å². The summed E-state index contributed by atoms with van der Waals surface area (Å²) in [6, 6.07) is 9.68. The Morgan fingerprint density at radius 1 is 1.24 bits per heavy atom. The first kappa shape index (κ1) is 13.4. The van der Waals surface area contributed by atoms with Crippen LogP contribution in [0.15, 0.2) is 36.4 Å². The second-order valence-electron chi connectivity index (χ2n) is 4.72. The highest BCUT2D eigenvalue weighted by Gasteiger charge is 2.13. The molecule has 0 aliphatic heterocycles. The van der Waals surface area contributed by atoms with Crippen molar-refractivity contribution in [1.82, 2.24) is 19.8 Å². The summed E-state index contributed by atoms with van der Waals surface area (Å²) in [5.41, 5.74) is 0.861. The highest BCUT2D eigenvalue weighted by atomic mass is 19.1. The summed E-state index contributed by atoms with van der Waals surface area (Å²) in [5.74, 6) is 0.514. The van der Waals surface area contributed by atoms with E-state index in [0.717, 1.165) is 0 Å². The van der Waals surface area contributed by atoms with Crippen LogP contribution >= 0.6 is 0 Å². The van der Waals surface area contributed by atoms with Crippen molar-refractivity contribution in [2.24, 2.45) is 0 Å². The Labute approximate surface area is 120 Å². The fraction of sp³-hybridized carbons (Fsp3) is 0.214. The van der Waals surface area contributed by atoms with E-state index in [-0.39, 0.29) is 18.5 Å². The second kappa shape index (κ2) is 5.45. The molecule has 2 N–H and O–H groups in total. The van der Waals surface area contributed by atoms with Gasteiger partial charge in [0, 0.05) is 6.04 Å². The molecule has 3 rings (SSSR count). The zero-order chi connectivity index (χ0) is 14.8. The van der Waals surface area contributed by atoms with Gasteiger partial charge in [0.05, 0.1) is 12.2 Å². The number of rotatable bonds is 4. The lowest BCUT2D eigenvalue weighted by Crippen LogP contribution is -2.20. The molecule has 0 bridgehead atoms. The molecule has 0 saturated carbocycles. The number of halogens is 1. The van der Waals surface area contributed by atoms with Gasteiger partial charge in [0.25, 0.3) is 0 Å². The molecule has 3 aromatic rings. The van der Waals surface area contributed by atoms with Crippen molar-refractivity contribution < 1.29 is 9.50 Å². The number of benzene rings is 1. The Balaban J connectivity index is 2.08. The number of anilines is 1. The molecule has 0 aliphatic carbocycles. The number of hydrogen-bond donors (Lipinski definition) is 2. The monoisotopic (exact) mass is 287 g/mol. The van der Waals surface area contributed by atoms with Crippen LogP contribution in [0.25, 0.3) is 17.0 Å². The van der Waals surface area contributed by atoms with Gasteiger partial charge >= 0.3 is 0 Å². The molecule has 0 spiro atoms. The van der Waals surface area contributed by atoms with Crippen molar-refractivity contribution in [2.75, 3.05) is 11.9 Å². The molecule has 0 amide bonds. The molecule has 0 saturated heterocycles. The van der Waals surface area contributed by atoms with Crippen LogP contribution in [0.5, 0.6) is 0 Å². The van der Waals surface area contributed by atoms with Crippen LogP contribution in [-0.2, 0) is 0 Å². The quantitative estimate of drug-likeness (QED) is 0.764. The topological polar surface area (TPSA) is 75.3 Å². The zero-order valence-corrected chi connectivity index (χ0v) is 11.4. The molecule has 108 valence electrons. The number of nitrogens with one attached hydrogen (secondary N) is 1. The average Bonchev–Trinajstić information content (AvgIpc) is 2.90. The van der Waals surface area contributed by atoms with E-state index in [1.54, 1.807) is 30.3 Å². The Kier molecular flexibility index (Phi) is 3.49. The lowest BCUT2D eigenvalue weighted by Gasteiger charge is -2.11. The lowest BCUT2D eigenvalue weighted by molar-refractivity contribution is 0.281. The van der Waals surface area contributed by atoms with Crippen molar-refractivity contribution in [3.63, 3.8) is 0 Å². The van der Waals surface area contributed by atoms with Crippen LogP contribution in [0.1, 0.15) is 6.92 Å². The van der Waals surface area contributed by atoms with Gasteiger partial charge in [0.1, 0.15) is 11.6 Å². The Morgan fingerprint density at radius 2 is 2.05 bits per heavy atom. The molecular weight excluding hydrogens is 273 g/mol. The summed E-state index contributed by atoms with van der Waals surface area (Å²) in [5, 5.41) is 24.4. The van der Waals surface area contributed by atoms with Gasteiger partial charge in [0.15, 0.2) is 11.5 Å². The van der Waals surface area contributed by atoms with E-state index in [4.69, 9.17) is 5.11 Å². The molecule has 1 atom stereocenters. The van der Waals surface area contributed by atoms with Gasteiger partial charge in [-0.1, -0.05) is 12.1 Å². The largest absolute Gasteiger partial charge is 0.394 e. The third-order valence-corrected chi connectivity index (χ3v) is 3.05. The minimum Gasteiger partial charge on any atom is -0.394 e. The number of aliphatic hydroxyl groups excluding tert-OH is 1. The number of fused-ring (bicyclic) bond motifs is 1.